The largest absolute Gasteiger partial charge is 0.345 e. The van der Waals surface area contributed by atoms with Crippen molar-refractivity contribution >= 4 is 27.5 Å². The van der Waals surface area contributed by atoms with E-state index in [1.807, 2.05) is 4.57 Å². The molecule has 0 fully saturated rings. The van der Waals surface area contributed by atoms with E-state index in [-0.39, 0.29) is 22.0 Å². The maximum atomic E-state index is 12.4. The molecule has 0 unspecified atom stereocenters. The van der Waals surface area contributed by atoms with E-state index >= 15 is 0 Å². The van der Waals surface area contributed by atoms with Crippen molar-refractivity contribution in [2.75, 3.05) is 14.1 Å². The number of halogens is 1. The fraction of sp³-hybridized carbons (Fsp3) is 0.400. The molecule has 0 saturated heterocycles. The molecule has 0 atom stereocenters. The van der Waals surface area contributed by atoms with Crippen molar-refractivity contribution in [1.82, 2.24) is 24.4 Å². The van der Waals surface area contributed by atoms with Crippen molar-refractivity contribution in [3.8, 4) is 0 Å². The van der Waals surface area contributed by atoms with Gasteiger partial charge in [-0.25, -0.2) is 12.7 Å². The van der Waals surface area contributed by atoms with Crippen molar-refractivity contribution in [3.05, 3.63) is 40.4 Å². The van der Waals surface area contributed by atoms with Gasteiger partial charge in [-0.15, -0.1) is 10.2 Å². The standard InChI is InChI=1S/C15H18ClN5O3S/c1-20(2)25(23,24)10-5-6-12(16)11(8-10)15(22)17-9-14-19-18-13-4-3-7-21(13)14/h5-6,8H,3-4,7,9H2,1-2H3,(H,17,22). The van der Waals surface area contributed by atoms with Crippen LogP contribution in [0.2, 0.25) is 5.02 Å². The minimum Gasteiger partial charge on any atom is -0.345 e. The SMILES string of the molecule is CN(C)S(=O)(=O)c1ccc(Cl)c(C(=O)NCc2nnc3n2CCC3)c1. The summed E-state index contributed by atoms with van der Waals surface area (Å²) in [5, 5.41) is 11.1. The molecule has 0 aliphatic carbocycles. The molecule has 0 spiro atoms. The van der Waals surface area contributed by atoms with Crippen molar-refractivity contribution < 1.29 is 13.2 Å². The quantitative estimate of drug-likeness (QED) is 0.832. The van der Waals surface area contributed by atoms with Crippen molar-refractivity contribution in [2.45, 2.75) is 30.8 Å². The molecule has 2 aromatic rings. The van der Waals surface area contributed by atoms with Crippen LogP contribution < -0.4 is 5.32 Å². The molecule has 25 heavy (non-hydrogen) atoms. The van der Waals surface area contributed by atoms with Crippen LogP contribution in [0.3, 0.4) is 0 Å². The lowest BCUT2D eigenvalue weighted by Gasteiger charge is -2.13. The summed E-state index contributed by atoms with van der Waals surface area (Å²) in [5.74, 6) is 1.13. The molecule has 1 aromatic heterocycles. The number of amides is 1. The number of rotatable bonds is 5. The number of aryl methyl sites for hydroxylation is 1. The summed E-state index contributed by atoms with van der Waals surface area (Å²) in [4.78, 5) is 12.5. The first-order valence-corrected chi connectivity index (χ1v) is 9.53. The zero-order valence-corrected chi connectivity index (χ0v) is 15.4. The van der Waals surface area contributed by atoms with Gasteiger partial charge in [0.2, 0.25) is 10.0 Å². The Balaban J connectivity index is 1.80. The Labute approximate surface area is 150 Å². The average molecular weight is 384 g/mol. The van der Waals surface area contributed by atoms with Gasteiger partial charge in [0, 0.05) is 27.1 Å². The lowest BCUT2D eigenvalue weighted by molar-refractivity contribution is 0.0949. The van der Waals surface area contributed by atoms with E-state index in [0.29, 0.717) is 5.82 Å². The van der Waals surface area contributed by atoms with E-state index in [9.17, 15) is 13.2 Å². The molecule has 10 heteroatoms. The molecule has 1 aliphatic rings. The highest BCUT2D eigenvalue weighted by Gasteiger charge is 2.22. The number of sulfonamides is 1. The van der Waals surface area contributed by atoms with Crippen LogP contribution >= 0.6 is 11.6 Å². The number of nitrogens with one attached hydrogen (secondary N) is 1. The van der Waals surface area contributed by atoms with Crippen LogP contribution in [0.1, 0.15) is 28.4 Å². The van der Waals surface area contributed by atoms with E-state index in [2.05, 4.69) is 15.5 Å². The molecule has 2 heterocycles. The lowest BCUT2D eigenvalue weighted by Crippen LogP contribution is -2.26. The van der Waals surface area contributed by atoms with E-state index in [4.69, 9.17) is 11.6 Å². The normalized spacial score (nSPS) is 13.9. The Bertz CT molecular complexity index is 923. The highest BCUT2D eigenvalue weighted by atomic mass is 35.5. The van der Waals surface area contributed by atoms with Gasteiger partial charge in [0.05, 0.1) is 22.0 Å². The summed E-state index contributed by atoms with van der Waals surface area (Å²) < 4.78 is 27.5. The first kappa shape index (κ1) is 17.8. The number of nitrogens with zero attached hydrogens (tertiary/aromatic N) is 4. The van der Waals surface area contributed by atoms with Gasteiger partial charge in [-0.3, -0.25) is 4.79 Å². The third-order valence-electron chi connectivity index (χ3n) is 4.05. The Morgan fingerprint density at radius 2 is 2.12 bits per heavy atom. The summed E-state index contributed by atoms with van der Waals surface area (Å²) >= 11 is 6.07. The summed E-state index contributed by atoms with van der Waals surface area (Å²) in [6.07, 6.45) is 1.90. The lowest BCUT2D eigenvalue weighted by atomic mass is 10.2. The van der Waals surface area contributed by atoms with Crippen LogP contribution in [0.15, 0.2) is 23.1 Å². The highest BCUT2D eigenvalue weighted by Crippen LogP contribution is 2.22. The van der Waals surface area contributed by atoms with Gasteiger partial charge in [-0.05, 0) is 24.6 Å². The Morgan fingerprint density at radius 1 is 1.36 bits per heavy atom. The summed E-state index contributed by atoms with van der Waals surface area (Å²) in [6.45, 7) is 1.04. The topological polar surface area (TPSA) is 97.2 Å². The van der Waals surface area contributed by atoms with E-state index in [1.54, 1.807) is 0 Å². The van der Waals surface area contributed by atoms with Crippen LogP contribution in [0.4, 0.5) is 0 Å². The Kier molecular flexibility index (Phi) is 4.81. The average Bonchev–Trinajstić information content (AvgIpc) is 3.16. The van der Waals surface area contributed by atoms with E-state index in [1.165, 1.54) is 32.3 Å². The van der Waals surface area contributed by atoms with E-state index < -0.39 is 15.9 Å². The predicted molar refractivity (Wildman–Crippen MR) is 91.8 cm³/mol. The van der Waals surface area contributed by atoms with E-state index in [0.717, 1.165) is 29.5 Å². The molecule has 0 radical (unpaired) electrons. The summed E-state index contributed by atoms with van der Waals surface area (Å²) in [6, 6.07) is 4.06. The minimum atomic E-state index is -3.65. The molecule has 1 aliphatic heterocycles. The minimum absolute atomic E-state index is 0.00965. The maximum Gasteiger partial charge on any atom is 0.253 e. The molecule has 0 bridgehead atoms. The van der Waals surface area contributed by atoms with Crippen molar-refractivity contribution in [2.24, 2.45) is 0 Å². The molecule has 1 amide bonds. The Hall–Kier alpha value is -1.97. The predicted octanol–water partition coefficient (Wildman–Crippen LogP) is 1.06. The Morgan fingerprint density at radius 3 is 2.84 bits per heavy atom. The van der Waals surface area contributed by atoms with Gasteiger partial charge in [0.1, 0.15) is 5.82 Å². The molecular weight excluding hydrogens is 366 g/mol. The van der Waals surface area contributed by atoms with Gasteiger partial charge in [0.25, 0.3) is 5.91 Å². The molecular formula is C15H18ClN5O3S. The number of carbonyl (C=O) groups is 1. The monoisotopic (exact) mass is 383 g/mol. The van der Waals surface area contributed by atoms with Crippen molar-refractivity contribution in [3.63, 3.8) is 0 Å². The molecule has 1 aromatic carbocycles. The zero-order chi connectivity index (χ0) is 18.2. The summed E-state index contributed by atoms with van der Waals surface area (Å²) in [5.41, 5.74) is 0.103. The van der Waals surface area contributed by atoms with Crippen LogP contribution in [0, 0.1) is 0 Å². The molecule has 3 rings (SSSR count). The van der Waals surface area contributed by atoms with Crippen LogP contribution in [0.25, 0.3) is 0 Å². The fourth-order valence-corrected chi connectivity index (χ4v) is 3.78. The second-order valence-electron chi connectivity index (χ2n) is 5.90. The molecule has 1 N–H and O–H groups in total. The number of benzene rings is 1. The number of hydrogen-bond donors (Lipinski definition) is 1. The first-order valence-electron chi connectivity index (χ1n) is 7.72. The number of fused-ring (bicyclic) bond motifs is 1. The highest BCUT2D eigenvalue weighted by molar-refractivity contribution is 7.89. The molecule has 134 valence electrons. The van der Waals surface area contributed by atoms with Gasteiger partial charge < -0.3 is 9.88 Å². The van der Waals surface area contributed by atoms with Crippen LogP contribution in [-0.4, -0.2) is 47.5 Å². The van der Waals surface area contributed by atoms with Gasteiger partial charge >= 0.3 is 0 Å². The smallest absolute Gasteiger partial charge is 0.253 e. The second-order valence-corrected chi connectivity index (χ2v) is 8.46. The third-order valence-corrected chi connectivity index (χ3v) is 6.19. The zero-order valence-electron chi connectivity index (χ0n) is 13.9. The van der Waals surface area contributed by atoms with Crippen LogP contribution in [-0.2, 0) is 29.5 Å². The maximum absolute atomic E-state index is 12.4. The van der Waals surface area contributed by atoms with Gasteiger partial charge in [-0.1, -0.05) is 11.6 Å². The third kappa shape index (κ3) is 3.39. The first-order chi connectivity index (χ1) is 11.8. The second kappa shape index (κ2) is 6.74. The molecule has 0 saturated carbocycles. The van der Waals surface area contributed by atoms with Crippen molar-refractivity contribution in [1.29, 1.82) is 0 Å². The van der Waals surface area contributed by atoms with Gasteiger partial charge in [-0.2, -0.15) is 0 Å². The fourth-order valence-electron chi connectivity index (χ4n) is 2.65. The number of hydrogen-bond acceptors (Lipinski definition) is 5. The summed E-state index contributed by atoms with van der Waals surface area (Å²) in [7, 11) is -0.795. The van der Waals surface area contributed by atoms with Crippen LogP contribution in [0.5, 0.6) is 0 Å². The molecule has 8 nitrogen and oxygen atoms in total. The number of aromatic nitrogens is 3. The van der Waals surface area contributed by atoms with Gasteiger partial charge in [0.15, 0.2) is 5.82 Å². The number of carbonyl (C=O) groups excluding carboxylic acids is 1.